The van der Waals surface area contributed by atoms with Gasteiger partial charge in [-0.1, -0.05) is 90.1 Å². The molecule has 0 atom stereocenters. The number of fused-ring (bicyclic) bond motifs is 4. The Morgan fingerprint density at radius 2 is 0.632 bits per heavy atom. The molecule has 8 aromatic rings. The molecule has 0 saturated heterocycles. The molecule has 0 amide bonds. The zero-order chi connectivity index (χ0) is 40.2. The number of hydrogen-bond acceptors (Lipinski definition) is 4. The summed E-state index contributed by atoms with van der Waals surface area (Å²) in [7, 11) is 6.89. The third kappa shape index (κ3) is 6.37. The molecule has 57 heavy (non-hydrogen) atoms. The molecule has 0 bridgehead atoms. The molecule has 2 heterocycles. The Hall–Kier alpha value is -6.14. The summed E-state index contributed by atoms with van der Waals surface area (Å²) in [5.74, 6) is 2.89. The van der Waals surface area contributed by atoms with Crippen molar-refractivity contribution in [3.8, 4) is 34.4 Å². The maximum Gasteiger partial charge on any atom is 0.223 e. The van der Waals surface area contributed by atoms with Crippen LogP contribution in [0.2, 0.25) is 0 Å². The van der Waals surface area contributed by atoms with Crippen LogP contribution in [0.25, 0.3) is 55.0 Å². The summed E-state index contributed by atoms with van der Waals surface area (Å²) >= 11 is 0. The average Bonchev–Trinajstić information content (AvgIpc) is 3.21. The molecule has 0 aliphatic rings. The molecular weight excluding hydrogens is 705 g/mol. The van der Waals surface area contributed by atoms with E-state index >= 15 is 0 Å². The van der Waals surface area contributed by atoms with Gasteiger partial charge in [-0.3, -0.25) is 0 Å². The first-order valence-electron chi connectivity index (χ1n) is 19.4. The number of ether oxygens (including phenoxy) is 4. The van der Waals surface area contributed by atoms with Crippen molar-refractivity contribution < 1.29 is 28.1 Å². The molecule has 2 radical (unpaired) electrons. The van der Waals surface area contributed by atoms with Crippen LogP contribution in [0.15, 0.2) is 121 Å². The van der Waals surface area contributed by atoms with Crippen LogP contribution in [0.5, 0.6) is 23.0 Å². The van der Waals surface area contributed by atoms with Gasteiger partial charge in [0.05, 0.1) is 56.4 Å². The van der Waals surface area contributed by atoms with Crippen LogP contribution in [0, 0.1) is 6.42 Å². The molecule has 286 valence electrons. The fourth-order valence-electron chi connectivity index (χ4n) is 8.17. The molecule has 0 aliphatic heterocycles. The van der Waals surface area contributed by atoms with E-state index in [1.54, 1.807) is 28.4 Å². The van der Waals surface area contributed by atoms with Gasteiger partial charge in [-0.2, -0.15) is 9.13 Å². The standard InChI is InChI=1S/C51H50N2O4/c1-50(2,3)32-23-27-34(28-24-32)52-38-15-11-19-42(54-7)46(38)36(47-39(52)16-12-20-43(47)55-8)31-37-48-40(17-13-21-44(48)56-9)53(41-18-14-22-45(57-10)49(37)41)35-29-25-33(26-30-35)51(4,5)6/h11-30H,1-10H3/q+2. The van der Waals surface area contributed by atoms with E-state index in [1.165, 1.54) is 11.1 Å². The topological polar surface area (TPSA) is 44.7 Å². The molecule has 0 fully saturated rings. The van der Waals surface area contributed by atoms with Gasteiger partial charge < -0.3 is 18.9 Å². The van der Waals surface area contributed by atoms with Gasteiger partial charge in [-0.25, -0.2) is 0 Å². The van der Waals surface area contributed by atoms with Crippen molar-refractivity contribution in [3.05, 3.63) is 150 Å². The molecule has 6 heteroatoms. The van der Waals surface area contributed by atoms with Gasteiger partial charge in [0.15, 0.2) is 0 Å². The van der Waals surface area contributed by atoms with Crippen molar-refractivity contribution in [1.29, 1.82) is 0 Å². The molecule has 0 aliphatic carbocycles. The van der Waals surface area contributed by atoms with E-state index < -0.39 is 0 Å². The lowest BCUT2D eigenvalue weighted by molar-refractivity contribution is -0.538. The summed E-state index contributed by atoms with van der Waals surface area (Å²) in [5, 5.41) is 3.60. The zero-order valence-electron chi connectivity index (χ0n) is 34.6. The number of benzene rings is 6. The molecule has 6 nitrogen and oxygen atoms in total. The number of methoxy groups -OCH3 is 4. The predicted molar refractivity (Wildman–Crippen MR) is 231 cm³/mol. The Kier molecular flexibility index (Phi) is 9.55. The average molecular weight is 755 g/mol. The number of pyridine rings is 2. The second-order valence-electron chi connectivity index (χ2n) is 16.6. The normalized spacial score (nSPS) is 12.1. The highest BCUT2D eigenvalue weighted by Gasteiger charge is 2.32. The molecule has 0 N–H and O–H groups in total. The number of nitrogens with zero attached hydrogens (tertiary/aromatic N) is 2. The van der Waals surface area contributed by atoms with Crippen molar-refractivity contribution >= 4 is 43.6 Å². The van der Waals surface area contributed by atoms with Crippen LogP contribution in [0.3, 0.4) is 0 Å². The highest BCUT2D eigenvalue weighted by molar-refractivity contribution is 6.07. The van der Waals surface area contributed by atoms with E-state index in [-0.39, 0.29) is 10.8 Å². The van der Waals surface area contributed by atoms with Crippen LogP contribution in [-0.2, 0) is 10.8 Å². The SMILES string of the molecule is COc1cccc2c1c([C]c1c3c(OC)cccc3[n+](-c3ccc(C(C)(C)C)cc3)c3cccc(OC)c13)c1c(OC)cccc1[n+]2-c1ccc(C(C)(C)C)cc1. The molecular formula is C51H50N2O4+2. The maximum atomic E-state index is 6.21. The number of hydrogen-bond donors (Lipinski definition) is 0. The van der Waals surface area contributed by atoms with Crippen LogP contribution in [0.1, 0.15) is 63.8 Å². The lowest BCUT2D eigenvalue weighted by atomic mass is 9.87. The summed E-state index contributed by atoms with van der Waals surface area (Å²) in [5.41, 5.74) is 10.2. The minimum atomic E-state index is 0.0188. The maximum absolute atomic E-state index is 6.21. The van der Waals surface area contributed by atoms with Crippen LogP contribution in [0.4, 0.5) is 0 Å². The second-order valence-corrected chi connectivity index (χ2v) is 16.6. The Bertz CT molecular complexity index is 2490. The van der Waals surface area contributed by atoms with E-state index in [0.29, 0.717) is 0 Å². The van der Waals surface area contributed by atoms with Gasteiger partial charge in [-0.15, -0.1) is 0 Å². The predicted octanol–water partition coefficient (Wildman–Crippen LogP) is 11.0. The Balaban J connectivity index is 1.51. The smallest absolute Gasteiger partial charge is 0.223 e. The molecule has 2 aromatic heterocycles. The minimum absolute atomic E-state index is 0.0188. The van der Waals surface area contributed by atoms with Gasteiger partial charge in [0, 0.05) is 59.7 Å². The summed E-state index contributed by atoms with van der Waals surface area (Å²) in [6, 6.07) is 42.5. The van der Waals surface area contributed by atoms with Crippen LogP contribution >= 0.6 is 0 Å². The number of aromatic nitrogens is 2. The van der Waals surface area contributed by atoms with Crippen molar-refractivity contribution in [2.24, 2.45) is 0 Å². The monoisotopic (exact) mass is 754 g/mol. The van der Waals surface area contributed by atoms with E-state index in [1.807, 2.05) is 48.5 Å². The summed E-state index contributed by atoms with van der Waals surface area (Å²) in [6.45, 7) is 13.4. The van der Waals surface area contributed by atoms with Crippen LogP contribution < -0.4 is 28.1 Å². The van der Waals surface area contributed by atoms with Crippen molar-refractivity contribution in [2.75, 3.05) is 28.4 Å². The third-order valence-electron chi connectivity index (χ3n) is 11.1. The van der Waals surface area contributed by atoms with E-state index in [4.69, 9.17) is 18.9 Å². The third-order valence-corrected chi connectivity index (χ3v) is 11.1. The van der Waals surface area contributed by atoms with Crippen LogP contribution in [-0.4, -0.2) is 28.4 Å². The highest BCUT2D eigenvalue weighted by atomic mass is 16.5. The van der Waals surface area contributed by atoms with Gasteiger partial charge in [-0.05, 0) is 46.2 Å². The molecule has 0 saturated carbocycles. The zero-order valence-corrected chi connectivity index (χ0v) is 34.6. The summed E-state index contributed by atoms with van der Waals surface area (Å²) in [4.78, 5) is 0. The Labute approximate surface area is 335 Å². The first-order valence-corrected chi connectivity index (χ1v) is 19.4. The first-order chi connectivity index (χ1) is 27.4. The molecule has 0 spiro atoms. The fourth-order valence-corrected chi connectivity index (χ4v) is 8.17. The van der Waals surface area contributed by atoms with E-state index in [0.717, 1.165) is 89.1 Å². The van der Waals surface area contributed by atoms with Gasteiger partial charge in [0.1, 0.15) is 23.0 Å². The quantitative estimate of drug-likeness (QED) is 0.114. The van der Waals surface area contributed by atoms with Gasteiger partial charge >= 0.3 is 0 Å². The summed E-state index contributed by atoms with van der Waals surface area (Å²) in [6.07, 6.45) is 4.04. The Morgan fingerprint density at radius 3 is 0.860 bits per heavy atom. The van der Waals surface area contributed by atoms with E-state index in [9.17, 15) is 0 Å². The second kappa shape index (κ2) is 14.4. The largest absolute Gasteiger partial charge is 0.496 e. The Morgan fingerprint density at radius 1 is 0.368 bits per heavy atom. The van der Waals surface area contributed by atoms with Crippen molar-refractivity contribution in [3.63, 3.8) is 0 Å². The van der Waals surface area contributed by atoms with Gasteiger partial charge in [0.25, 0.3) is 0 Å². The number of rotatable bonds is 8. The van der Waals surface area contributed by atoms with E-state index in [2.05, 4.69) is 130 Å². The fraction of sp³-hybridized carbons (Fsp3) is 0.235. The minimum Gasteiger partial charge on any atom is -0.496 e. The summed E-state index contributed by atoms with van der Waals surface area (Å²) < 4.78 is 29.4. The van der Waals surface area contributed by atoms with Crippen molar-refractivity contribution in [2.45, 2.75) is 52.4 Å². The highest BCUT2D eigenvalue weighted by Crippen LogP contribution is 2.44. The van der Waals surface area contributed by atoms with Crippen molar-refractivity contribution in [1.82, 2.24) is 0 Å². The molecule has 6 aromatic carbocycles. The van der Waals surface area contributed by atoms with Gasteiger partial charge in [0.2, 0.25) is 33.4 Å². The molecule has 8 rings (SSSR count). The first kappa shape index (κ1) is 37.8. The lowest BCUT2D eigenvalue weighted by Gasteiger charge is -2.20. The molecule has 0 unspecified atom stereocenters. The lowest BCUT2D eigenvalue weighted by Crippen LogP contribution is -2.34.